The molecule has 4 fully saturated rings. The number of nitrogens with one attached hydrogen (secondary N) is 2. The Bertz CT molecular complexity index is 1000. The molecule has 1 amide bonds. The van der Waals surface area contributed by atoms with E-state index >= 15 is 0 Å². The first-order valence-electron chi connectivity index (χ1n) is 11.4. The van der Waals surface area contributed by atoms with Crippen LogP contribution in [-0.2, 0) is 11.0 Å². The van der Waals surface area contributed by atoms with Crippen molar-refractivity contribution in [2.24, 2.45) is 17.8 Å². The average molecular weight is 441 g/mol. The zero-order chi connectivity index (χ0) is 22.1. The van der Waals surface area contributed by atoms with Gasteiger partial charge in [0.05, 0.1) is 11.3 Å². The number of amides is 1. The molecule has 4 bridgehead atoms. The number of carbonyl (C=O) groups excluding carboxylic acids is 1. The van der Waals surface area contributed by atoms with E-state index in [0.29, 0.717) is 11.3 Å². The number of nitrogens with zero attached hydrogens (tertiary/aromatic N) is 1. The van der Waals surface area contributed by atoms with Crippen LogP contribution in [0.3, 0.4) is 0 Å². The summed E-state index contributed by atoms with van der Waals surface area (Å²) in [6, 6.07) is 5.13. The summed E-state index contributed by atoms with van der Waals surface area (Å²) in [5.74, 6) is 2.07. The van der Waals surface area contributed by atoms with Gasteiger partial charge in [-0.2, -0.15) is 13.2 Å². The number of carbonyl (C=O) groups is 1. The molecule has 7 rings (SSSR count). The lowest BCUT2D eigenvalue weighted by Crippen LogP contribution is -2.60. The van der Waals surface area contributed by atoms with Crippen LogP contribution in [0, 0.1) is 17.8 Å². The number of benzene rings is 1. The highest BCUT2D eigenvalue weighted by molar-refractivity contribution is 5.95. The molecule has 2 N–H and O–H groups in total. The third kappa shape index (κ3) is 3.24. The van der Waals surface area contributed by atoms with Gasteiger partial charge in [-0.05, 0) is 86.1 Å². The molecule has 0 spiro atoms. The number of hydrogen-bond donors (Lipinski definition) is 2. The average Bonchev–Trinajstić information content (AvgIpc) is 3.12. The molecule has 0 aromatic heterocycles. The fourth-order valence-corrected chi connectivity index (χ4v) is 7.02. The van der Waals surface area contributed by atoms with Gasteiger partial charge in [0.25, 0.3) is 5.91 Å². The maximum atomic E-state index is 13.5. The summed E-state index contributed by atoms with van der Waals surface area (Å²) < 4.78 is 38.9. The summed E-state index contributed by atoms with van der Waals surface area (Å²) in [7, 11) is 0. The van der Waals surface area contributed by atoms with E-state index in [4.69, 9.17) is 0 Å². The monoisotopic (exact) mass is 441 g/mol. The van der Waals surface area contributed by atoms with E-state index in [-0.39, 0.29) is 11.4 Å². The van der Waals surface area contributed by atoms with Gasteiger partial charge in [0.1, 0.15) is 11.9 Å². The number of allylic oxidation sites excluding steroid dienone is 3. The number of alkyl halides is 3. The van der Waals surface area contributed by atoms with Crippen molar-refractivity contribution >= 4 is 5.91 Å². The SMILES string of the molecule is O=C(NC12CC3CC(CC(C3)C1)C2)C1=C2C=CC=CN2C(c2ccc(C(F)(F)F)cc2)N1. The third-order valence-corrected chi connectivity index (χ3v) is 7.90. The van der Waals surface area contributed by atoms with E-state index in [1.165, 1.54) is 31.4 Å². The van der Waals surface area contributed by atoms with Gasteiger partial charge < -0.3 is 15.5 Å². The number of fused-ring (bicyclic) bond motifs is 1. The maximum absolute atomic E-state index is 13.5. The minimum Gasteiger partial charge on any atom is -0.355 e. The molecule has 1 aromatic carbocycles. The quantitative estimate of drug-likeness (QED) is 0.695. The van der Waals surface area contributed by atoms with Gasteiger partial charge in [0, 0.05) is 11.7 Å². The van der Waals surface area contributed by atoms with Crippen LogP contribution in [0.25, 0.3) is 0 Å². The Labute approximate surface area is 185 Å². The van der Waals surface area contributed by atoms with Gasteiger partial charge in [0.15, 0.2) is 0 Å². The Hall–Kier alpha value is -2.70. The van der Waals surface area contributed by atoms with Gasteiger partial charge in [-0.1, -0.05) is 18.2 Å². The van der Waals surface area contributed by atoms with Crippen molar-refractivity contribution in [3.63, 3.8) is 0 Å². The molecule has 1 atom stereocenters. The largest absolute Gasteiger partial charge is 0.416 e. The van der Waals surface area contributed by atoms with Crippen molar-refractivity contribution in [2.75, 3.05) is 0 Å². The van der Waals surface area contributed by atoms with E-state index in [2.05, 4.69) is 10.6 Å². The first-order chi connectivity index (χ1) is 15.3. The van der Waals surface area contributed by atoms with E-state index in [9.17, 15) is 18.0 Å². The Morgan fingerprint density at radius 1 is 1.00 bits per heavy atom. The molecule has 2 heterocycles. The van der Waals surface area contributed by atoms with Crippen LogP contribution in [0.1, 0.15) is 55.8 Å². The molecule has 32 heavy (non-hydrogen) atoms. The highest BCUT2D eigenvalue weighted by atomic mass is 19.4. The molecule has 168 valence electrons. The second-order valence-electron chi connectivity index (χ2n) is 10.2. The van der Waals surface area contributed by atoms with Crippen LogP contribution in [0.2, 0.25) is 0 Å². The fraction of sp³-hybridized carbons (Fsp3) is 0.480. The summed E-state index contributed by atoms with van der Waals surface area (Å²) in [4.78, 5) is 15.4. The summed E-state index contributed by atoms with van der Waals surface area (Å²) in [6.45, 7) is 0. The maximum Gasteiger partial charge on any atom is 0.416 e. The van der Waals surface area contributed by atoms with Crippen molar-refractivity contribution in [3.8, 4) is 0 Å². The third-order valence-electron chi connectivity index (χ3n) is 7.90. The van der Waals surface area contributed by atoms with Crippen LogP contribution < -0.4 is 10.6 Å². The molecular weight excluding hydrogens is 415 g/mol. The second kappa shape index (κ2) is 6.90. The zero-order valence-corrected chi connectivity index (χ0v) is 17.7. The molecule has 6 aliphatic rings. The summed E-state index contributed by atoms with van der Waals surface area (Å²) >= 11 is 0. The number of rotatable bonds is 3. The summed E-state index contributed by atoms with van der Waals surface area (Å²) in [5, 5.41) is 6.71. The van der Waals surface area contributed by atoms with Crippen molar-refractivity contribution < 1.29 is 18.0 Å². The Balaban J connectivity index is 1.25. The molecule has 0 saturated heterocycles. The predicted octanol–water partition coefficient (Wildman–Crippen LogP) is 4.99. The van der Waals surface area contributed by atoms with Crippen molar-refractivity contribution in [1.29, 1.82) is 0 Å². The number of hydrogen-bond acceptors (Lipinski definition) is 3. The minimum absolute atomic E-state index is 0.105. The van der Waals surface area contributed by atoms with E-state index < -0.39 is 17.9 Å². The van der Waals surface area contributed by atoms with Gasteiger partial charge in [-0.3, -0.25) is 4.79 Å². The summed E-state index contributed by atoms with van der Waals surface area (Å²) in [5.41, 5.74) is 1.13. The Morgan fingerprint density at radius 2 is 1.62 bits per heavy atom. The molecule has 0 radical (unpaired) electrons. The van der Waals surface area contributed by atoms with Crippen molar-refractivity contribution in [3.05, 3.63) is 71.2 Å². The molecule has 4 saturated carbocycles. The normalized spacial score (nSPS) is 34.7. The minimum atomic E-state index is -4.37. The molecule has 7 heteroatoms. The zero-order valence-electron chi connectivity index (χ0n) is 17.7. The highest BCUT2D eigenvalue weighted by Gasteiger charge is 2.52. The van der Waals surface area contributed by atoms with E-state index in [1.807, 2.05) is 29.3 Å². The first-order valence-corrected chi connectivity index (χ1v) is 11.4. The lowest BCUT2D eigenvalue weighted by Gasteiger charge is -2.56. The number of halogens is 3. The standard InChI is InChI=1S/C25H26F3N3O/c26-25(27,28)19-6-4-18(5-7-19)22-29-21(20-3-1-2-8-31(20)22)23(32)30-24-12-15-9-16(13-24)11-17(10-15)14-24/h1-8,15-17,22,29H,9-14H2,(H,30,32). The van der Waals surface area contributed by atoms with Crippen LogP contribution in [0.5, 0.6) is 0 Å². The van der Waals surface area contributed by atoms with E-state index in [1.54, 1.807) is 0 Å². The highest BCUT2D eigenvalue weighted by Crippen LogP contribution is 2.55. The lowest BCUT2D eigenvalue weighted by atomic mass is 9.53. The molecule has 1 unspecified atom stereocenters. The molecule has 4 nitrogen and oxygen atoms in total. The fourth-order valence-electron chi connectivity index (χ4n) is 7.02. The van der Waals surface area contributed by atoms with Crippen LogP contribution in [0.4, 0.5) is 13.2 Å². The van der Waals surface area contributed by atoms with Crippen LogP contribution in [0.15, 0.2) is 60.1 Å². The van der Waals surface area contributed by atoms with Crippen molar-refractivity contribution in [1.82, 2.24) is 15.5 Å². The predicted molar refractivity (Wildman–Crippen MR) is 114 cm³/mol. The van der Waals surface area contributed by atoms with Crippen LogP contribution >= 0.6 is 0 Å². The lowest BCUT2D eigenvalue weighted by molar-refractivity contribution is -0.137. The van der Waals surface area contributed by atoms with Gasteiger partial charge in [-0.15, -0.1) is 0 Å². The molecular formula is C25H26F3N3O. The Morgan fingerprint density at radius 3 is 2.22 bits per heavy atom. The van der Waals surface area contributed by atoms with Gasteiger partial charge >= 0.3 is 6.18 Å². The van der Waals surface area contributed by atoms with E-state index in [0.717, 1.165) is 54.8 Å². The Kier molecular flexibility index (Phi) is 4.30. The smallest absolute Gasteiger partial charge is 0.355 e. The molecule has 1 aromatic rings. The molecule has 2 aliphatic heterocycles. The molecule has 4 aliphatic carbocycles. The van der Waals surface area contributed by atoms with Gasteiger partial charge in [0.2, 0.25) is 0 Å². The second-order valence-corrected chi connectivity index (χ2v) is 10.2. The topological polar surface area (TPSA) is 44.4 Å². The van der Waals surface area contributed by atoms with Crippen LogP contribution in [-0.4, -0.2) is 16.3 Å². The van der Waals surface area contributed by atoms with Gasteiger partial charge in [-0.25, -0.2) is 0 Å². The van der Waals surface area contributed by atoms with Crippen molar-refractivity contribution in [2.45, 2.75) is 56.4 Å². The summed E-state index contributed by atoms with van der Waals surface area (Å²) in [6.07, 6.45) is 9.78. The first kappa shape index (κ1) is 19.9.